The third-order valence-electron chi connectivity index (χ3n) is 4.71. The smallest absolute Gasteiger partial charge is 0.326 e. The Bertz CT molecular complexity index is 1020. The minimum absolute atomic E-state index is 0.367. The number of amides is 1. The lowest BCUT2D eigenvalue weighted by molar-refractivity contribution is -0.128. The Kier molecular flexibility index (Phi) is 3.92. The Morgan fingerprint density at radius 3 is 2.33 bits per heavy atom. The molecule has 0 saturated heterocycles. The number of hydrogen-bond acceptors (Lipinski definition) is 5. The normalized spacial score (nSPS) is 22.3. The number of benzene rings is 2. The molecule has 4 rings (SSSR count). The molecule has 0 aromatic heterocycles. The fourth-order valence-corrected chi connectivity index (χ4v) is 4.34. The largest absolute Gasteiger partial charge is 0.482 e. The summed E-state index contributed by atoms with van der Waals surface area (Å²) in [6, 6.07) is 12.1. The van der Waals surface area contributed by atoms with Gasteiger partial charge in [0.15, 0.2) is 11.5 Å². The number of nitrogens with zero attached hydrogens (tertiary/aromatic N) is 2. The monoisotopic (exact) mass is 389 g/mol. The number of carbonyl (C=O) groups excluding carboxylic acids is 1. The van der Waals surface area contributed by atoms with Crippen LogP contribution in [0.25, 0.3) is 0 Å². The molecule has 0 fully saturated rings. The molecule has 0 bridgehead atoms. The molecular weight excluding hydrogens is 370 g/mol. The van der Waals surface area contributed by atoms with Crippen LogP contribution in [0.3, 0.4) is 0 Å². The Balaban J connectivity index is 1.56. The Hall–Kier alpha value is -2.94. The van der Waals surface area contributed by atoms with Crippen molar-refractivity contribution < 1.29 is 22.7 Å². The predicted octanol–water partition coefficient (Wildman–Crippen LogP) is 1.98. The minimum Gasteiger partial charge on any atom is -0.482 e. The van der Waals surface area contributed by atoms with Gasteiger partial charge < -0.3 is 14.8 Å². The molecule has 9 heteroatoms. The number of fused-ring (bicyclic) bond motifs is 2. The fourth-order valence-electron chi connectivity index (χ4n) is 3.17. The summed E-state index contributed by atoms with van der Waals surface area (Å²) in [4.78, 5) is 12.7. The van der Waals surface area contributed by atoms with Gasteiger partial charge in [-0.05, 0) is 37.3 Å². The molecule has 2 aromatic carbocycles. The highest BCUT2D eigenvalue weighted by molar-refractivity contribution is 7.94. The quantitative estimate of drug-likeness (QED) is 0.849. The van der Waals surface area contributed by atoms with E-state index >= 15 is 0 Å². The van der Waals surface area contributed by atoms with Crippen LogP contribution in [0.2, 0.25) is 0 Å². The Morgan fingerprint density at radius 2 is 1.63 bits per heavy atom. The van der Waals surface area contributed by atoms with Crippen LogP contribution in [0.15, 0.2) is 42.5 Å². The van der Waals surface area contributed by atoms with Crippen LogP contribution in [-0.4, -0.2) is 40.6 Å². The van der Waals surface area contributed by atoms with Crippen LogP contribution < -0.4 is 23.4 Å². The van der Waals surface area contributed by atoms with Crippen LogP contribution in [0.4, 0.5) is 17.1 Å². The van der Waals surface area contributed by atoms with Crippen molar-refractivity contribution in [2.45, 2.75) is 19.1 Å². The summed E-state index contributed by atoms with van der Waals surface area (Å²) >= 11 is 0. The van der Waals surface area contributed by atoms with Gasteiger partial charge in [0.1, 0.15) is 6.10 Å². The lowest BCUT2D eigenvalue weighted by Crippen LogP contribution is -2.46. The lowest BCUT2D eigenvalue weighted by atomic mass is 10.1. The second-order valence-electron chi connectivity index (χ2n) is 6.44. The number of anilines is 3. The maximum absolute atomic E-state index is 12.7. The zero-order chi connectivity index (χ0) is 19.3. The molecule has 2 aliphatic rings. The summed E-state index contributed by atoms with van der Waals surface area (Å²) < 4.78 is 38.4. The van der Waals surface area contributed by atoms with Crippen LogP contribution in [0.5, 0.6) is 11.5 Å². The van der Waals surface area contributed by atoms with Crippen molar-refractivity contribution >= 4 is 33.2 Å². The molecule has 2 atom stereocenters. The third-order valence-corrected chi connectivity index (χ3v) is 6.49. The SMILES string of the molecule is C[C@H]1Oc2ccccc2O[C@H]1C(=O)Nc1ccc2c(c1)N(C)S(=O)(=O)N2C. The van der Waals surface area contributed by atoms with Gasteiger partial charge in [0.25, 0.3) is 5.91 Å². The van der Waals surface area contributed by atoms with E-state index in [0.717, 1.165) is 0 Å². The van der Waals surface area contributed by atoms with Crippen molar-refractivity contribution in [3.63, 3.8) is 0 Å². The molecular formula is C18H19N3O5S. The summed E-state index contributed by atoms with van der Waals surface area (Å²) in [5, 5.41) is 2.78. The van der Waals surface area contributed by atoms with E-state index in [0.29, 0.717) is 28.6 Å². The molecule has 0 radical (unpaired) electrons. The lowest BCUT2D eigenvalue weighted by Gasteiger charge is -2.31. The first kappa shape index (κ1) is 17.5. The highest BCUT2D eigenvalue weighted by Crippen LogP contribution is 2.40. The first-order valence-electron chi connectivity index (χ1n) is 8.39. The first-order valence-corrected chi connectivity index (χ1v) is 9.79. The molecule has 142 valence electrons. The Labute approximate surface area is 157 Å². The highest BCUT2D eigenvalue weighted by Gasteiger charge is 2.37. The molecule has 0 aliphatic carbocycles. The number of rotatable bonds is 2. The molecule has 0 saturated carbocycles. The van der Waals surface area contributed by atoms with E-state index in [1.54, 1.807) is 43.3 Å². The summed E-state index contributed by atoms with van der Waals surface area (Å²) in [5.74, 6) is 0.743. The van der Waals surface area contributed by atoms with E-state index in [9.17, 15) is 13.2 Å². The standard InChI is InChI=1S/C18H19N3O5S/c1-11-17(26-16-7-5-4-6-15(16)25-11)18(22)19-12-8-9-13-14(10-12)21(3)27(23,24)20(13)2/h4-11,17H,1-3H3,(H,19,22)/t11-,17-/m1/s1. The van der Waals surface area contributed by atoms with Gasteiger partial charge in [0.2, 0.25) is 6.10 Å². The zero-order valence-corrected chi connectivity index (χ0v) is 15.9. The van der Waals surface area contributed by atoms with Crippen molar-refractivity contribution in [3.05, 3.63) is 42.5 Å². The topological polar surface area (TPSA) is 88.2 Å². The van der Waals surface area contributed by atoms with Gasteiger partial charge in [-0.3, -0.25) is 13.4 Å². The molecule has 0 unspecified atom stereocenters. The minimum atomic E-state index is -3.56. The van der Waals surface area contributed by atoms with Crippen molar-refractivity contribution in [2.24, 2.45) is 0 Å². The van der Waals surface area contributed by atoms with Crippen LogP contribution in [-0.2, 0) is 15.0 Å². The van der Waals surface area contributed by atoms with Gasteiger partial charge in [-0.2, -0.15) is 8.42 Å². The van der Waals surface area contributed by atoms with E-state index < -0.39 is 22.4 Å². The third kappa shape index (κ3) is 2.74. The molecule has 0 spiro atoms. The highest BCUT2D eigenvalue weighted by atomic mass is 32.2. The van der Waals surface area contributed by atoms with Gasteiger partial charge in [0, 0.05) is 19.8 Å². The summed E-state index contributed by atoms with van der Waals surface area (Å²) in [6.45, 7) is 1.76. The number of carbonyl (C=O) groups is 1. The van der Waals surface area contributed by atoms with E-state index in [-0.39, 0.29) is 5.91 Å². The molecule has 1 N–H and O–H groups in total. The number of ether oxygens (including phenoxy) is 2. The Morgan fingerprint density at radius 1 is 1.00 bits per heavy atom. The zero-order valence-electron chi connectivity index (χ0n) is 15.0. The predicted molar refractivity (Wildman–Crippen MR) is 102 cm³/mol. The van der Waals surface area contributed by atoms with Gasteiger partial charge in [-0.1, -0.05) is 12.1 Å². The van der Waals surface area contributed by atoms with E-state index in [1.165, 1.54) is 22.7 Å². The molecule has 1 amide bonds. The summed E-state index contributed by atoms with van der Waals surface area (Å²) in [7, 11) is -0.601. The molecule has 2 heterocycles. The maximum Gasteiger partial charge on any atom is 0.326 e. The second kappa shape index (κ2) is 6.05. The van der Waals surface area contributed by atoms with Gasteiger partial charge >= 0.3 is 10.2 Å². The summed E-state index contributed by atoms with van der Waals surface area (Å²) in [6.07, 6.45) is -1.29. The van der Waals surface area contributed by atoms with Crippen molar-refractivity contribution in [1.29, 1.82) is 0 Å². The van der Waals surface area contributed by atoms with E-state index in [4.69, 9.17) is 9.47 Å². The van der Waals surface area contributed by atoms with Gasteiger partial charge in [-0.25, -0.2) is 0 Å². The fraction of sp³-hybridized carbons (Fsp3) is 0.278. The first-order chi connectivity index (χ1) is 12.8. The summed E-state index contributed by atoms with van der Waals surface area (Å²) in [5.41, 5.74) is 1.52. The average molecular weight is 389 g/mol. The molecule has 27 heavy (non-hydrogen) atoms. The van der Waals surface area contributed by atoms with Crippen molar-refractivity contribution in [3.8, 4) is 11.5 Å². The molecule has 2 aliphatic heterocycles. The van der Waals surface area contributed by atoms with Crippen LogP contribution >= 0.6 is 0 Å². The van der Waals surface area contributed by atoms with E-state index in [2.05, 4.69) is 5.32 Å². The molecule has 2 aromatic rings. The second-order valence-corrected chi connectivity index (χ2v) is 8.43. The van der Waals surface area contributed by atoms with Gasteiger partial charge in [-0.15, -0.1) is 0 Å². The van der Waals surface area contributed by atoms with Crippen molar-refractivity contribution in [1.82, 2.24) is 0 Å². The van der Waals surface area contributed by atoms with Crippen LogP contribution in [0.1, 0.15) is 6.92 Å². The molecule has 8 nitrogen and oxygen atoms in total. The average Bonchev–Trinajstić information content (AvgIpc) is 2.81. The van der Waals surface area contributed by atoms with Crippen molar-refractivity contribution in [2.75, 3.05) is 28.0 Å². The number of para-hydroxylation sites is 2. The number of nitrogens with one attached hydrogen (secondary N) is 1. The maximum atomic E-state index is 12.7. The van der Waals surface area contributed by atoms with E-state index in [1.807, 2.05) is 6.07 Å². The van der Waals surface area contributed by atoms with Crippen LogP contribution in [0, 0.1) is 0 Å². The van der Waals surface area contributed by atoms with Gasteiger partial charge in [0.05, 0.1) is 11.4 Å². The number of hydrogen-bond donors (Lipinski definition) is 1.